The van der Waals surface area contributed by atoms with Crippen molar-refractivity contribution in [2.24, 2.45) is 5.92 Å². The SMILES string of the molecule is CC1CC1c1ccc(CN(C)C(=O)Cc2ccc(-n3cccn3)cc2)o1. The number of hydrogen-bond donors (Lipinski definition) is 0. The van der Waals surface area contributed by atoms with Crippen molar-refractivity contribution < 1.29 is 9.21 Å². The van der Waals surface area contributed by atoms with Gasteiger partial charge in [0.1, 0.15) is 11.5 Å². The molecule has 0 saturated heterocycles. The Morgan fingerprint density at radius 3 is 2.69 bits per heavy atom. The predicted octanol–water partition coefficient (Wildman–Crippen LogP) is 3.79. The third-order valence-electron chi connectivity index (χ3n) is 5.04. The quantitative estimate of drug-likeness (QED) is 0.680. The maximum Gasteiger partial charge on any atom is 0.227 e. The molecule has 0 bridgehead atoms. The number of hydrogen-bond acceptors (Lipinski definition) is 3. The lowest BCUT2D eigenvalue weighted by Gasteiger charge is -2.16. The second kappa shape index (κ2) is 6.83. The second-order valence-electron chi connectivity index (χ2n) is 7.17. The molecule has 0 aliphatic heterocycles. The molecule has 2 atom stereocenters. The highest BCUT2D eigenvalue weighted by Gasteiger charge is 2.36. The van der Waals surface area contributed by atoms with Crippen molar-refractivity contribution in [3.05, 3.63) is 71.9 Å². The van der Waals surface area contributed by atoms with E-state index in [1.165, 1.54) is 6.42 Å². The number of amides is 1. The maximum atomic E-state index is 12.5. The van der Waals surface area contributed by atoms with Gasteiger partial charge in [-0.25, -0.2) is 4.68 Å². The number of benzene rings is 1. The van der Waals surface area contributed by atoms with Gasteiger partial charge in [0.25, 0.3) is 0 Å². The summed E-state index contributed by atoms with van der Waals surface area (Å²) in [5.41, 5.74) is 1.97. The van der Waals surface area contributed by atoms with Crippen LogP contribution < -0.4 is 0 Å². The smallest absolute Gasteiger partial charge is 0.227 e. The summed E-state index contributed by atoms with van der Waals surface area (Å²) in [6, 6.07) is 13.8. The molecule has 4 rings (SSSR count). The summed E-state index contributed by atoms with van der Waals surface area (Å²) in [4.78, 5) is 14.2. The number of carbonyl (C=O) groups is 1. The molecule has 26 heavy (non-hydrogen) atoms. The van der Waals surface area contributed by atoms with Gasteiger partial charge in [-0.2, -0.15) is 5.10 Å². The van der Waals surface area contributed by atoms with E-state index >= 15 is 0 Å². The fourth-order valence-electron chi connectivity index (χ4n) is 3.22. The fourth-order valence-corrected chi connectivity index (χ4v) is 3.22. The van der Waals surface area contributed by atoms with Crippen LogP contribution in [-0.2, 0) is 17.8 Å². The topological polar surface area (TPSA) is 51.3 Å². The van der Waals surface area contributed by atoms with Gasteiger partial charge >= 0.3 is 0 Å². The number of likely N-dealkylation sites (N-methyl/N-ethyl adjacent to an activating group) is 1. The minimum atomic E-state index is 0.0783. The number of furan rings is 1. The monoisotopic (exact) mass is 349 g/mol. The van der Waals surface area contributed by atoms with Gasteiger partial charge in [0.2, 0.25) is 5.91 Å². The number of aromatic nitrogens is 2. The highest BCUT2D eigenvalue weighted by atomic mass is 16.3. The van der Waals surface area contributed by atoms with Crippen molar-refractivity contribution in [2.45, 2.75) is 32.2 Å². The lowest BCUT2D eigenvalue weighted by molar-refractivity contribution is -0.129. The van der Waals surface area contributed by atoms with Crippen LogP contribution >= 0.6 is 0 Å². The zero-order chi connectivity index (χ0) is 18.1. The van der Waals surface area contributed by atoms with Crippen LogP contribution in [0.3, 0.4) is 0 Å². The highest BCUT2D eigenvalue weighted by molar-refractivity contribution is 5.78. The highest BCUT2D eigenvalue weighted by Crippen LogP contribution is 2.47. The largest absolute Gasteiger partial charge is 0.464 e. The summed E-state index contributed by atoms with van der Waals surface area (Å²) in [5.74, 6) is 3.28. The van der Waals surface area contributed by atoms with Crippen molar-refractivity contribution in [1.29, 1.82) is 0 Å². The molecule has 5 heteroatoms. The molecule has 134 valence electrons. The van der Waals surface area contributed by atoms with Crippen molar-refractivity contribution in [3.63, 3.8) is 0 Å². The van der Waals surface area contributed by atoms with E-state index < -0.39 is 0 Å². The standard InChI is InChI=1S/C21H23N3O2/c1-15-12-19(15)20-9-8-18(26-20)14-23(2)21(25)13-16-4-6-17(7-5-16)24-11-3-10-22-24/h3-11,15,19H,12-14H2,1-2H3. The van der Waals surface area contributed by atoms with Gasteiger partial charge in [-0.05, 0) is 48.2 Å². The van der Waals surface area contributed by atoms with E-state index in [4.69, 9.17) is 4.42 Å². The molecule has 1 aromatic carbocycles. The van der Waals surface area contributed by atoms with Crippen LogP contribution in [0.15, 0.2) is 59.3 Å². The molecule has 1 aliphatic carbocycles. The van der Waals surface area contributed by atoms with Crippen molar-refractivity contribution >= 4 is 5.91 Å². The van der Waals surface area contributed by atoms with Crippen LogP contribution in [0.4, 0.5) is 0 Å². The van der Waals surface area contributed by atoms with Gasteiger partial charge in [-0.3, -0.25) is 4.79 Å². The van der Waals surface area contributed by atoms with E-state index in [-0.39, 0.29) is 5.91 Å². The van der Waals surface area contributed by atoms with Gasteiger partial charge in [0.05, 0.1) is 18.7 Å². The Balaban J connectivity index is 1.34. The first-order valence-electron chi connectivity index (χ1n) is 9.01. The summed E-state index contributed by atoms with van der Waals surface area (Å²) in [7, 11) is 1.82. The first kappa shape index (κ1) is 16.6. The van der Waals surface area contributed by atoms with Crippen molar-refractivity contribution in [2.75, 3.05) is 7.05 Å². The average Bonchev–Trinajstić information content (AvgIpc) is 3.07. The summed E-state index contributed by atoms with van der Waals surface area (Å²) in [6.45, 7) is 2.74. The molecule has 0 spiro atoms. The Kier molecular flexibility index (Phi) is 4.37. The van der Waals surface area contributed by atoms with Crippen LogP contribution in [0.5, 0.6) is 0 Å². The van der Waals surface area contributed by atoms with E-state index in [0.717, 1.165) is 28.7 Å². The fraction of sp³-hybridized carbons (Fsp3) is 0.333. The van der Waals surface area contributed by atoms with Gasteiger partial charge in [-0.1, -0.05) is 19.1 Å². The first-order chi connectivity index (χ1) is 12.6. The molecule has 5 nitrogen and oxygen atoms in total. The van der Waals surface area contributed by atoms with Gasteiger partial charge in [0.15, 0.2) is 0 Å². The van der Waals surface area contributed by atoms with Crippen LogP contribution in [0, 0.1) is 5.92 Å². The van der Waals surface area contributed by atoms with Crippen molar-refractivity contribution in [3.8, 4) is 5.69 Å². The Morgan fingerprint density at radius 2 is 2.04 bits per heavy atom. The molecule has 1 fully saturated rings. The molecule has 2 heterocycles. The predicted molar refractivity (Wildman–Crippen MR) is 99.0 cm³/mol. The Morgan fingerprint density at radius 1 is 1.27 bits per heavy atom. The Hall–Kier alpha value is -2.82. The molecule has 1 saturated carbocycles. The van der Waals surface area contributed by atoms with E-state index in [1.54, 1.807) is 15.8 Å². The average molecular weight is 349 g/mol. The van der Waals surface area contributed by atoms with Crippen LogP contribution in [0.25, 0.3) is 5.69 Å². The molecule has 1 aliphatic rings. The molecule has 2 unspecified atom stereocenters. The lowest BCUT2D eigenvalue weighted by atomic mass is 10.1. The minimum absolute atomic E-state index is 0.0783. The van der Waals surface area contributed by atoms with Crippen molar-refractivity contribution in [1.82, 2.24) is 14.7 Å². The minimum Gasteiger partial charge on any atom is -0.464 e. The van der Waals surface area contributed by atoms with Gasteiger partial charge < -0.3 is 9.32 Å². The summed E-state index contributed by atoms with van der Waals surface area (Å²) in [6.07, 6.45) is 5.23. The second-order valence-corrected chi connectivity index (χ2v) is 7.17. The molecule has 0 radical (unpaired) electrons. The molecular formula is C21H23N3O2. The van der Waals surface area contributed by atoms with E-state index in [9.17, 15) is 4.79 Å². The molecule has 0 N–H and O–H groups in total. The third-order valence-corrected chi connectivity index (χ3v) is 5.04. The molecule has 1 amide bonds. The maximum absolute atomic E-state index is 12.5. The molecular weight excluding hydrogens is 326 g/mol. The number of carbonyl (C=O) groups excluding carboxylic acids is 1. The summed E-state index contributed by atoms with van der Waals surface area (Å²) in [5, 5.41) is 4.21. The normalized spacial score (nSPS) is 18.7. The zero-order valence-electron chi connectivity index (χ0n) is 15.1. The van der Waals surface area contributed by atoms with Crippen LogP contribution in [-0.4, -0.2) is 27.6 Å². The summed E-state index contributed by atoms with van der Waals surface area (Å²) < 4.78 is 7.70. The number of nitrogens with zero attached hydrogens (tertiary/aromatic N) is 3. The van der Waals surface area contributed by atoms with Gasteiger partial charge in [-0.15, -0.1) is 0 Å². The Labute approximate surface area is 153 Å². The van der Waals surface area contributed by atoms with Crippen LogP contribution in [0.1, 0.15) is 36.3 Å². The van der Waals surface area contributed by atoms with E-state index in [2.05, 4.69) is 18.1 Å². The molecule has 3 aromatic rings. The molecule has 2 aromatic heterocycles. The van der Waals surface area contributed by atoms with E-state index in [0.29, 0.717) is 18.9 Å². The third kappa shape index (κ3) is 3.57. The lowest BCUT2D eigenvalue weighted by Crippen LogP contribution is -2.27. The van der Waals surface area contributed by atoms with E-state index in [1.807, 2.05) is 49.6 Å². The zero-order valence-corrected chi connectivity index (χ0v) is 15.1. The van der Waals surface area contributed by atoms with Crippen LogP contribution in [0.2, 0.25) is 0 Å². The summed E-state index contributed by atoms with van der Waals surface area (Å²) >= 11 is 0. The van der Waals surface area contributed by atoms with Gasteiger partial charge in [0, 0.05) is 25.4 Å². The number of rotatable bonds is 6. The Bertz CT molecular complexity index is 880. The first-order valence-corrected chi connectivity index (χ1v) is 9.01.